The van der Waals surface area contributed by atoms with Gasteiger partial charge in [0.15, 0.2) is 0 Å². The van der Waals surface area contributed by atoms with E-state index in [1.165, 1.54) is 31.5 Å². The summed E-state index contributed by atoms with van der Waals surface area (Å²) in [4.78, 5) is 19.7. The number of halogens is 4. The van der Waals surface area contributed by atoms with E-state index in [2.05, 4.69) is 24.2 Å². The van der Waals surface area contributed by atoms with Gasteiger partial charge in [-0.25, -0.2) is 9.78 Å². The predicted octanol–water partition coefficient (Wildman–Crippen LogP) is 4.23. The fourth-order valence-corrected chi connectivity index (χ4v) is 3.71. The number of rotatable bonds is 12. The Balaban J connectivity index is 1.71. The zero-order valence-corrected chi connectivity index (χ0v) is 21.8. The van der Waals surface area contributed by atoms with Crippen molar-refractivity contribution in [2.45, 2.75) is 19.3 Å². The Morgan fingerprint density at radius 1 is 1.08 bits per heavy atom. The lowest BCUT2D eigenvalue weighted by Crippen LogP contribution is -2.33. The molecule has 2 N–H and O–H groups in total. The number of hydrogen-bond donors (Lipinski definition) is 2. The van der Waals surface area contributed by atoms with E-state index in [0.29, 0.717) is 23.7 Å². The number of alkyl halides is 3. The quantitative estimate of drug-likeness (QED) is 0.297. The second-order valence-corrected chi connectivity index (χ2v) is 9.31. The Kier molecular flexibility index (Phi) is 10.3. The molecule has 39 heavy (non-hydrogen) atoms. The number of ether oxygens (including phenoxy) is 3. The molecule has 0 aliphatic rings. The van der Waals surface area contributed by atoms with E-state index in [1.807, 2.05) is 0 Å². The first-order valence-electron chi connectivity index (χ1n) is 11.0. The lowest BCUT2D eigenvalue weighted by molar-refractivity contribution is -0.137. The normalized spacial score (nSPS) is 11.6. The van der Waals surface area contributed by atoms with Crippen molar-refractivity contribution in [1.29, 1.82) is 0 Å². The van der Waals surface area contributed by atoms with E-state index in [-0.39, 0.29) is 43.5 Å². The van der Waals surface area contributed by atoms with E-state index < -0.39 is 33.2 Å². The lowest BCUT2D eigenvalue weighted by atomic mass is 10.2. The molecule has 0 atom stereocenters. The fraction of sp³-hybridized carbons (Fsp3) is 0.261. The molecule has 3 rings (SSSR count). The van der Waals surface area contributed by atoms with Crippen molar-refractivity contribution in [3.8, 4) is 17.4 Å². The molecule has 11 nitrogen and oxygen atoms in total. The number of carbonyl (C=O) groups excluding carboxylic acids is 1. The number of hydrogen-bond acceptors (Lipinski definition) is 9. The van der Waals surface area contributed by atoms with Crippen LogP contribution >= 0.6 is 11.6 Å². The Bertz CT molecular complexity index is 1380. The Morgan fingerprint density at radius 3 is 2.54 bits per heavy atom. The number of carbonyl (C=O) groups is 1. The Morgan fingerprint density at radius 2 is 1.87 bits per heavy atom. The second-order valence-electron chi connectivity index (χ2n) is 7.54. The molecular formula is C23H22ClF3N4O7S. The monoisotopic (exact) mass is 590 g/mol. The summed E-state index contributed by atoms with van der Waals surface area (Å²) < 4.78 is 85.6. The van der Waals surface area contributed by atoms with Crippen LogP contribution in [-0.4, -0.2) is 44.8 Å². The summed E-state index contributed by atoms with van der Waals surface area (Å²) >= 11 is 5.95. The minimum absolute atomic E-state index is 0.00973. The average molecular weight is 591 g/mol. The number of methoxy groups -OCH3 is 1. The first-order valence-corrected chi connectivity index (χ1v) is 12.8. The van der Waals surface area contributed by atoms with Gasteiger partial charge in [-0.1, -0.05) is 17.7 Å². The van der Waals surface area contributed by atoms with Crippen LogP contribution in [0.5, 0.6) is 17.4 Å². The van der Waals surface area contributed by atoms with Gasteiger partial charge < -0.3 is 23.7 Å². The first kappa shape index (κ1) is 29.9. The van der Waals surface area contributed by atoms with Gasteiger partial charge in [0.2, 0.25) is 5.88 Å². The highest BCUT2D eigenvalue weighted by Gasteiger charge is 2.32. The molecule has 0 radical (unpaired) electrons. The van der Waals surface area contributed by atoms with Crippen LogP contribution in [0.2, 0.25) is 5.02 Å². The minimum atomic E-state index is -4.66. The highest BCUT2D eigenvalue weighted by molar-refractivity contribution is 7.85. The van der Waals surface area contributed by atoms with Gasteiger partial charge in [-0.3, -0.25) is 4.98 Å². The van der Waals surface area contributed by atoms with Gasteiger partial charge in [-0.05, 0) is 30.3 Å². The van der Waals surface area contributed by atoms with Crippen molar-refractivity contribution in [3.63, 3.8) is 0 Å². The summed E-state index contributed by atoms with van der Waals surface area (Å²) in [6, 6.07) is 9.93. The van der Waals surface area contributed by atoms with Crippen LogP contribution in [0.25, 0.3) is 0 Å². The SMILES string of the molecule is COCCOc1ccc(CNC(=O)OS(=O)(=O)NCc2ccccn2)c(Oc2ncc(C(F)(F)F)cc2Cl)c1. The third-order valence-corrected chi connectivity index (χ3v) is 5.84. The highest BCUT2D eigenvalue weighted by Crippen LogP contribution is 2.36. The number of nitrogens with zero attached hydrogens (tertiary/aromatic N) is 2. The maximum atomic E-state index is 13.0. The third-order valence-electron chi connectivity index (χ3n) is 4.70. The molecular weight excluding hydrogens is 569 g/mol. The van der Waals surface area contributed by atoms with Gasteiger partial charge >= 0.3 is 22.6 Å². The first-order chi connectivity index (χ1) is 18.5. The molecule has 0 saturated carbocycles. The van der Waals surface area contributed by atoms with Crippen molar-refractivity contribution >= 4 is 28.0 Å². The van der Waals surface area contributed by atoms with Crippen LogP contribution in [0.3, 0.4) is 0 Å². The lowest BCUT2D eigenvalue weighted by Gasteiger charge is -2.15. The summed E-state index contributed by atoms with van der Waals surface area (Å²) in [5.41, 5.74) is -0.406. The van der Waals surface area contributed by atoms with E-state index in [1.54, 1.807) is 18.2 Å². The molecule has 0 aliphatic carbocycles. The Labute approximate surface area is 226 Å². The molecule has 0 saturated heterocycles. The number of nitrogens with one attached hydrogen (secondary N) is 2. The van der Waals surface area contributed by atoms with Gasteiger partial charge in [-0.15, -0.1) is 0 Å². The topological polar surface area (TPSA) is 138 Å². The standard InChI is InChI=1S/C23H22ClF3N4O7S/c1-35-8-9-36-18-6-5-15(20(11-18)37-21-19(24)10-16(13-29-21)23(25,26)27)12-30-22(32)38-39(33,34)31-14-17-4-2-3-7-28-17/h2-7,10-11,13,31H,8-9,12,14H2,1H3,(H,30,32). The van der Waals surface area contributed by atoms with Gasteiger partial charge in [0.25, 0.3) is 0 Å². The van der Waals surface area contributed by atoms with Gasteiger partial charge in [-0.2, -0.15) is 26.3 Å². The van der Waals surface area contributed by atoms with Gasteiger partial charge in [0.1, 0.15) is 23.1 Å². The molecule has 0 aliphatic heterocycles. The molecule has 1 aromatic carbocycles. The van der Waals surface area contributed by atoms with Crippen LogP contribution in [0, 0.1) is 0 Å². The highest BCUT2D eigenvalue weighted by atomic mass is 35.5. The van der Waals surface area contributed by atoms with Crippen molar-refractivity contribution in [3.05, 3.63) is 76.7 Å². The summed E-state index contributed by atoms with van der Waals surface area (Å²) in [7, 11) is -2.98. The second kappa shape index (κ2) is 13.4. The zero-order valence-electron chi connectivity index (χ0n) is 20.2. The summed E-state index contributed by atoms with van der Waals surface area (Å²) in [5.74, 6) is -0.0305. The average Bonchev–Trinajstić information content (AvgIpc) is 2.88. The molecule has 1 amide bonds. The van der Waals surface area contributed by atoms with Crippen molar-refractivity contribution in [2.75, 3.05) is 20.3 Å². The van der Waals surface area contributed by atoms with E-state index in [4.69, 9.17) is 25.8 Å². The number of pyridine rings is 2. The summed E-state index contributed by atoms with van der Waals surface area (Å²) in [6.45, 7) is -0.0522. The van der Waals surface area contributed by atoms with Crippen molar-refractivity contribution in [1.82, 2.24) is 20.0 Å². The Hall–Kier alpha value is -3.66. The summed E-state index contributed by atoms with van der Waals surface area (Å²) in [5, 5.41) is 1.84. The predicted molar refractivity (Wildman–Crippen MR) is 131 cm³/mol. The largest absolute Gasteiger partial charge is 0.491 e. The maximum absolute atomic E-state index is 13.0. The molecule has 2 heterocycles. The molecule has 3 aromatic rings. The molecule has 16 heteroatoms. The van der Waals surface area contributed by atoms with Crippen LogP contribution in [-0.2, 0) is 38.5 Å². The van der Waals surface area contributed by atoms with Crippen LogP contribution in [0.4, 0.5) is 18.0 Å². The van der Waals surface area contributed by atoms with E-state index in [9.17, 15) is 26.4 Å². The molecule has 0 bridgehead atoms. The third kappa shape index (κ3) is 9.55. The smallest absolute Gasteiger partial charge is 0.423 e. The van der Waals surface area contributed by atoms with E-state index >= 15 is 0 Å². The molecule has 2 aromatic heterocycles. The number of aromatic nitrogens is 2. The minimum Gasteiger partial charge on any atom is -0.491 e. The zero-order chi connectivity index (χ0) is 28.5. The van der Waals surface area contributed by atoms with E-state index in [0.717, 1.165) is 0 Å². The van der Waals surface area contributed by atoms with Crippen LogP contribution < -0.4 is 19.5 Å². The molecule has 210 valence electrons. The molecule has 0 unspecified atom stereocenters. The molecule has 0 spiro atoms. The van der Waals surface area contributed by atoms with Crippen molar-refractivity contribution in [2.24, 2.45) is 0 Å². The van der Waals surface area contributed by atoms with Gasteiger partial charge in [0.05, 0.1) is 24.4 Å². The van der Waals surface area contributed by atoms with Crippen LogP contribution in [0.1, 0.15) is 16.8 Å². The number of benzene rings is 1. The van der Waals surface area contributed by atoms with Gasteiger partial charge in [0, 0.05) is 37.7 Å². The summed E-state index contributed by atoms with van der Waals surface area (Å²) in [6.07, 6.45) is -3.94. The fourth-order valence-electron chi connectivity index (χ4n) is 2.86. The maximum Gasteiger partial charge on any atom is 0.423 e. The van der Waals surface area contributed by atoms with Crippen molar-refractivity contribution < 1.29 is 44.8 Å². The van der Waals surface area contributed by atoms with Crippen LogP contribution in [0.15, 0.2) is 54.9 Å². The number of amides is 1. The molecule has 0 fully saturated rings.